The van der Waals surface area contributed by atoms with Gasteiger partial charge in [-0.1, -0.05) is 6.42 Å². The second-order valence-corrected chi connectivity index (χ2v) is 5.46. The van der Waals surface area contributed by atoms with Gasteiger partial charge in [-0.25, -0.2) is 0 Å². The van der Waals surface area contributed by atoms with E-state index in [1.807, 2.05) is 0 Å². The average molecular weight is 179 g/mol. The third-order valence-corrected chi connectivity index (χ3v) is 4.63. The first kappa shape index (κ1) is 8.28. The third-order valence-electron chi connectivity index (χ3n) is 4.63. The van der Waals surface area contributed by atoms with Crippen LogP contribution in [0.2, 0.25) is 0 Å². The first-order chi connectivity index (χ1) is 6.42. The Balaban J connectivity index is 1.55. The molecule has 2 bridgehead atoms. The van der Waals surface area contributed by atoms with E-state index in [-0.39, 0.29) is 0 Å². The number of hydrogen-bond donors (Lipinski definition) is 1. The summed E-state index contributed by atoms with van der Waals surface area (Å²) in [6, 6.07) is 0.893. The van der Waals surface area contributed by atoms with Gasteiger partial charge in [0.2, 0.25) is 0 Å². The highest BCUT2D eigenvalue weighted by molar-refractivity contribution is 4.92. The van der Waals surface area contributed by atoms with Crippen molar-refractivity contribution in [2.24, 2.45) is 17.8 Å². The first-order valence-electron chi connectivity index (χ1n) is 6.15. The quantitative estimate of drug-likeness (QED) is 0.687. The molecule has 1 saturated heterocycles. The molecule has 74 valence electrons. The van der Waals surface area contributed by atoms with E-state index in [1.54, 1.807) is 25.7 Å². The summed E-state index contributed by atoms with van der Waals surface area (Å²) < 4.78 is 0. The van der Waals surface area contributed by atoms with Crippen LogP contribution in [0.4, 0.5) is 0 Å². The Kier molecular flexibility index (Phi) is 2.08. The second-order valence-electron chi connectivity index (χ2n) is 5.46. The monoisotopic (exact) mass is 179 g/mol. The van der Waals surface area contributed by atoms with Crippen LogP contribution in [0.5, 0.6) is 0 Å². The summed E-state index contributed by atoms with van der Waals surface area (Å²) in [7, 11) is 0. The van der Waals surface area contributed by atoms with Crippen molar-refractivity contribution >= 4 is 0 Å². The Morgan fingerprint density at radius 2 is 2.08 bits per heavy atom. The summed E-state index contributed by atoms with van der Waals surface area (Å²) in [6.07, 6.45) is 10.6. The minimum absolute atomic E-state index is 0.893. The first-order valence-corrected chi connectivity index (χ1v) is 6.15. The van der Waals surface area contributed by atoms with E-state index < -0.39 is 0 Å². The highest BCUT2D eigenvalue weighted by Gasteiger charge is 2.40. The van der Waals surface area contributed by atoms with E-state index in [2.05, 4.69) is 5.32 Å². The topological polar surface area (TPSA) is 12.0 Å². The van der Waals surface area contributed by atoms with Gasteiger partial charge in [0.05, 0.1) is 0 Å². The molecule has 1 heterocycles. The highest BCUT2D eigenvalue weighted by Crippen LogP contribution is 2.50. The van der Waals surface area contributed by atoms with Gasteiger partial charge in [0.25, 0.3) is 0 Å². The lowest BCUT2D eigenvalue weighted by atomic mass is 9.84. The van der Waals surface area contributed by atoms with Crippen molar-refractivity contribution in [1.29, 1.82) is 0 Å². The van der Waals surface area contributed by atoms with Crippen molar-refractivity contribution in [3.8, 4) is 0 Å². The fraction of sp³-hybridized carbons (Fsp3) is 1.00. The Morgan fingerprint density at radius 1 is 1.08 bits per heavy atom. The van der Waals surface area contributed by atoms with Crippen LogP contribution in [0.3, 0.4) is 0 Å². The van der Waals surface area contributed by atoms with Crippen LogP contribution < -0.4 is 5.32 Å². The fourth-order valence-electron chi connectivity index (χ4n) is 3.99. The molecule has 0 aromatic rings. The minimum atomic E-state index is 0.893. The van der Waals surface area contributed by atoms with E-state index in [0.29, 0.717) is 0 Å². The molecule has 1 heteroatoms. The lowest BCUT2D eigenvalue weighted by Crippen LogP contribution is -2.26. The molecule has 0 spiro atoms. The molecule has 3 fully saturated rings. The Bertz CT molecular complexity index is 184. The maximum absolute atomic E-state index is 3.64. The molecule has 13 heavy (non-hydrogen) atoms. The molecule has 3 aliphatic rings. The van der Waals surface area contributed by atoms with E-state index >= 15 is 0 Å². The summed E-state index contributed by atoms with van der Waals surface area (Å²) >= 11 is 0. The summed E-state index contributed by atoms with van der Waals surface area (Å²) in [5.74, 6) is 3.37. The van der Waals surface area contributed by atoms with Crippen LogP contribution in [0.25, 0.3) is 0 Å². The molecule has 0 unspecified atom stereocenters. The van der Waals surface area contributed by atoms with Crippen LogP contribution in [-0.4, -0.2) is 12.6 Å². The molecule has 0 amide bonds. The Hall–Kier alpha value is -0.0400. The fourth-order valence-corrected chi connectivity index (χ4v) is 3.99. The molecule has 3 rings (SSSR count). The molecular weight excluding hydrogens is 158 g/mol. The van der Waals surface area contributed by atoms with Crippen LogP contribution in [0.15, 0.2) is 0 Å². The summed E-state index contributed by atoms with van der Waals surface area (Å²) in [5.41, 5.74) is 0. The van der Waals surface area contributed by atoms with Crippen molar-refractivity contribution in [3.05, 3.63) is 0 Å². The number of hydrogen-bond acceptors (Lipinski definition) is 1. The summed E-state index contributed by atoms with van der Waals surface area (Å²) in [4.78, 5) is 0. The molecule has 1 nitrogen and oxygen atoms in total. The predicted molar refractivity (Wildman–Crippen MR) is 54.6 cm³/mol. The third kappa shape index (κ3) is 1.52. The van der Waals surface area contributed by atoms with Crippen molar-refractivity contribution in [2.75, 3.05) is 6.54 Å². The van der Waals surface area contributed by atoms with Gasteiger partial charge in [0, 0.05) is 6.04 Å². The molecule has 4 atom stereocenters. The van der Waals surface area contributed by atoms with Gasteiger partial charge in [-0.05, 0) is 62.8 Å². The van der Waals surface area contributed by atoms with Gasteiger partial charge in [-0.2, -0.15) is 0 Å². The Morgan fingerprint density at radius 3 is 2.69 bits per heavy atom. The zero-order valence-electron chi connectivity index (χ0n) is 8.47. The number of fused-ring (bicyclic) bond motifs is 2. The molecule has 0 aromatic heterocycles. The number of nitrogens with one attached hydrogen (secondary N) is 1. The molecule has 1 aliphatic heterocycles. The van der Waals surface area contributed by atoms with E-state index in [1.165, 1.54) is 25.8 Å². The lowest BCUT2D eigenvalue weighted by molar-refractivity contribution is 0.287. The number of rotatable bonds is 2. The van der Waals surface area contributed by atoms with Crippen LogP contribution in [0.1, 0.15) is 44.9 Å². The largest absolute Gasteiger partial charge is 0.314 e. The normalized spacial score (nSPS) is 48.9. The molecule has 0 radical (unpaired) electrons. The van der Waals surface area contributed by atoms with Crippen molar-refractivity contribution in [1.82, 2.24) is 5.32 Å². The maximum Gasteiger partial charge on any atom is 0.00702 e. The van der Waals surface area contributed by atoms with Crippen molar-refractivity contribution < 1.29 is 0 Å². The van der Waals surface area contributed by atoms with Crippen molar-refractivity contribution in [3.63, 3.8) is 0 Å². The van der Waals surface area contributed by atoms with Crippen LogP contribution in [0, 0.1) is 17.8 Å². The zero-order chi connectivity index (χ0) is 8.67. The van der Waals surface area contributed by atoms with Gasteiger partial charge in [0.1, 0.15) is 0 Å². The molecule has 0 aromatic carbocycles. The smallest absolute Gasteiger partial charge is 0.00702 e. The van der Waals surface area contributed by atoms with Gasteiger partial charge in [-0.15, -0.1) is 0 Å². The van der Waals surface area contributed by atoms with E-state index in [0.717, 1.165) is 23.8 Å². The van der Waals surface area contributed by atoms with Gasteiger partial charge in [-0.3, -0.25) is 0 Å². The van der Waals surface area contributed by atoms with Crippen LogP contribution >= 0.6 is 0 Å². The second kappa shape index (κ2) is 3.27. The van der Waals surface area contributed by atoms with Crippen LogP contribution in [-0.2, 0) is 0 Å². The molecule has 2 aliphatic carbocycles. The van der Waals surface area contributed by atoms with Gasteiger partial charge in [0.15, 0.2) is 0 Å². The lowest BCUT2D eigenvalue weighted by Gasteiger charge is -2.24. The van der Waals surface area contributed by atoms with E-state index in [4.69, 9.17) is 0 Å². The average Bonchev–Trinajstić information content (AvgIpc) is 2.77. The van der Waals surface area contributed by atoms with Gasteiger partial charge >= 0.3 is 0 Å². The minimum Gasteiger partial charge on any atom is -0.314 e. The zero-order valence-corrected chi connectivity index (χ0v) is 8.47. The standard InChI is InChI=1S/C12H21N/c1-2-12(13-5-1)8-11-7-9-3-4-10(11)6-9/h9-13H,1-8H2/t9-,10-,11-,12+/m1/s1. The maximum atomic E-state index is 3.64. The highest BCUT2D eigenvalue weighted by atomic mass is 14.9. The SMILES string of the molecule is C1CN[C@H](C[C@H]2C[C@@H]3CC[C@@H]2C3)C1. The summed E-state index contributed by atoms with van der Waals surface area (Å²) in [6.45, 7) is 1.28. The molecule has 2 saturated carbocycles. The Labute approximate surface area is 81.3 Å². The summed E-state index contributed by atoms with van der Waals surface area (Å²) in [5, 5.41) is 3.64. The van der Waals surface area contributed by atoms with Crippen molar-refractivity contribution in [2.45, 2.75) is 51.0 Å². The molecule has 1 N–H and O–H groups in total. The molecular formula is C12H21N. The van der Waals surface area contributed by atoms with E-state index in [9.17, 15) is 0 Å². The van der Waals surface area contributed by atoms with Gasteiger partial charge < -0.3 is 5.32 Å². The predicted octanol–water partition coefficient (Wildman–Crippen LogP) is 2.56.